The number of hydrogen-bond acceptors (Lipinski definition) is 4. The molecule has 1 heterocycles. The van der Waals surface area contributed by atoms with Crippen molar-refractivity contribution in [2.75, 3.05) is 38.6 Å². The largest absolute Gasteiger partial charge is 0.357 e. The van der Waals surface area contributed by atoms with Gasteiger partial charge in [0.2, 0.25) is 5.91 Å². The van der Waals surface area contributed by atoms with Gasteiger partial charge in [-0.25, -0.2) is 0 Å². The number of carbonyl (C=O) groups is 1. The van der Waals surface area contributed by atoms with Crippen LogP contribution in [0.25, 0.3) is 0 Å². The number of nitriles is 1. The van der Waals surface area contributed by atoms with Gasteiger partial charge in [0.25, 0.3) is 0 Å². The number of carbonyl (C=O) groups excluding carboxylic acids is 1. The number of anilines is 1. The van der Waals surface area contributed by atoms with Crippen LogP contribution in [0.15, 0.2) is 22.7 Å². The number of nitrogens with zero attached hydrogens (tertiary/aromatic N) is 3. The van der Waals surface area contributed by atoms with Crippen LogP contribution in [-0.4, -0.2) is 50.6 Å². The van der Waals surface area contributed by atoms with E-state index in [2.05, 4.69) is 32.2 Å². The van der Waals surface area contributed by atoms with Gasteiger partial charge in [-0.3, -0.25) is 4.79 Å². The lowest BCUT2D eigenvalue weighted by atomic mass is 10.1. The maximum Gasteiger partial charge on any atom is 0.246 e. The zero-order valence-corrected chi connectivity index (χ0v) is 13.1. The first-order valence-corrected chi connectivity index (χ1v) is 7.21. The van der Waals surface area contributed by atoms with E-state index in [4.69, 9.17) is 5.26 Å². The molecule has 20 heavy (non-hydrogen) atoms. The van der Waals surface area contributed by atoms with Crippen LogP contribution >= 0.6 is 15.9 Å². The predicted molar refractivity (Wildman–Crippen MR) is 81.6 cm³/mol. The van der Waals surface area contributed by atoms with Crippen LogP contribution in [0.2, 0.25) is 0 Å². The number of likely N-dealkylation sites (N-methyl/N-ethyl adjacent to an activating group) is 1. The van der Waals surface area contributed by atoms with Crippen molar-refractivity contribution in [3.8, 4) is 6.07 Å². The molecule has 1 saturated heterocycles. The van der Waals surface area contributed by atoms with E-state index in [1.165, 1.54) is 0 Å². The van der Waals surface area contributed by atoms with Crippen LogP contribution in [0.4, 0.5) is 5.69 Å². The molecular formula is C14H17BrN4O. The summed E-state index contributed by atoms with van der Waals surface area (Å²) < 4.78 is 0.848. The first-order chi connectivity index (χ1) is 9.52. The molecule has 1 unspecified atom stereocenters. The highest BCUT2D eigenvalue weighted by atomic mass is 79.9. The van der Waals surface area contributed by atoms with E-state index in [1.807, 2.05) is 12.1 Å². The van der Waals surface area contributed by atoms with Gasteiger partial charge in [-0.1, -0.05) is 15.9 Å². The van der Waals surface area contributed by atoms with E-state index in [-0.39, 0.29) is 11.9 Å². The maximum atomic E-state index is 12.3. The Kier molecular flexibility index (Phi) is 4.63. The molecule has 1 amide bonds. The van der Waals surface area contributed by atoms with Crippen LogP contribution < -0.4 is 10.2 Å². The Labute approximate surface area is 127 Å². The highest BCUT2D eigenvalue weighted by Gasteiger charge is 2.30. The second-order valence-corrected chi connectivity index (χ2v) is 5.87. The molecule has 1 fully saturated rings. The minimum absolute atomic E-state index is 0.0654. The van der Waals surface area contributed by atoms with E-state index in [9.17, 15) is 4.79 Å². The van der Waals surface area contributed by atoms with Crippen molar-refractivity contribution in [1.82, 2.24) is 10.2 Å². The Bertz CT molecular complexity index is 553. The number of rotatable bonds is 2. The smallest absolute Gasteiger partial charge is 0.246 e. The van der Waals surface area contributed by atoms with Crippen molar-refractivity contribution in [3.05, 3.63) is 28.2 Å². The van der Waals surface area contributed by atoms with Gasteiger partial charge in [0.1, 0.15) is 6.04 Å². The van der Waals surface area contributed by atoms with Gasteiger partial charge < -0.3 is 15.1 Å². The molecule has 106 valence electrons. The summed E-state index contributed by atoms with van der Waals surface area (Å²) in [5.41, 5.74) is 1.49. The third-order valence-electron chi connectivity index (χ3n) is 3.31. The van der Waals surface area contributed by atoms with Gasteiger partial charge in [-0.15, -0.1) is 0 Å². The molecule has 5 nitrogen and oxygen atoms in total. The topological polar surface area (TPSA) is 59.4 Å². The van der Waals surface area contributed by atoms with Crippen LogP contribution in [0, 0.1) is 11.3 Å². The van der Waals surface area contributed by atoms with Crippen molar-refractivity contribution in [1.29, 1.82) is 5.26 Å². The minimum atomic E-state index is -0.236. The average molecular weight is 337 g/mol. The van der Waals surface area contributed by atoms with Crippen LogP contribution in [0.5, 0.6) is 0 Å². The number of amides is 1. The van der Waals surface area contributed by atoms with E-state index >= 15 is 0 Å². The summed E-state index contributed by atoms with van der Waals surface area (Å²) in [6.07, 6.45) is 0. The molecule has 1 aromatic rings. The number of halogens is 1. The molecule has 1 aromatic carbocycles. The fraction of sp³-hybridized carbons (Fsp3) is 0.429. The summed E-state index contributed by atoms with van der Waals surface area (Å²) >= 11 is 3.42. The zero-order chi connectivity index (χ0) is 14.7. The van der Waals surface area contributed by atoms with Crippen molar-refractivity contribution in [3.63, 3.8) is 0 Å². The Morgan fingerprint density at radius 3 is 2.90 bits per heavy atom. The van der Waals surface area contributed by atoms with Crippen molar-refractivity contribution in [2.24, 2.45) is 0 Å². The Morgan fingerprint density at radius 1 is 1.50 bits per heavy atom. The Morgan fingerprint density at radius 2 is 2.25 bits per heavy atom. The zero-order valence-electron chi connectivity index (χ0n) is 11.6. The number of nitrogens with one attached hydrogen (secondary N) is 1. The second-order valence-electron chi connectivity index (χ2n) is 4.96. The molecule has 1 N–H and O–H groups in total. The summed E-state index contributed by atoms with van der Waals surface area (Å²) in [7, 11) is 3.52. The quantitative estimate of drug-likeness (QED) is 0.881. The van der Waals surface area contributed by atoms with E-state index in [0.717, 1.165) is 23.2 Å². The number of hydrogen-bond donors (Lipinski definition) is 1. The monoisotopic (exact) mass is 336 g/mol. The molecular weight excluding hydrogens is 320 g/mol. The lowest BCUT2D eigenvalue weighted by molar-refractivity contribution is -0.130. The minimum Gasteiger partial charge on any atom is -0.357 e. The van der Waals surface area contributed by atoms with Crippen LogP contribution in [-0.2, 0) is 4.79 Å². The van der Waals surface area contributed by atoms with Gasteiger partial charge in [-0.05, 0) is 18.2 Å². The van der Waals surface area contributed by atoms with Gasteiger partial charge in [0.05, 0.1) is 11.6 Å². The third-order valence-corrected chi connectivity index (χ3v) is 3.77. The lowest BCUT2D eigenvalue weighted by Crippen LogP contribution is -2.57. The molecule has 0 aliphatic carbocycles. The molecule has 0 bridgehead atoms. The summed E-state index contributed by atoms with van der Waals surface area (Å²) in [6.45, 7) is 2.18. The fourth-order valence-electron chi connectivity index (χ4n) is 2.34. The van der Waals surface area contributed by atoms with Gasteiger partial charge in [-0.2, -0.15) is 5.26 Å². The van der Waals surface area contributed by atoms with Gasteiger partial charge >= 0.3 is 0 Å². The van der Waals surface area contributed by atoms with Crippen molar-refractivity contribution in [2.45, 2.75) is 6.04 Å². The first-order valence-electron chi connectivity index (χ1n) is 6.42. The van der Waals surface area contributed by atoms with Crippen molar-refractivity contribution >= 4 is 27.5 Å². The van der Waals surface area contributed by atoms with Gasteiger partial charge in [0.15, 0.2) is 0 Å². The normalized spacial score (nSPS) is 18.5. The second kappa shape index (κ2) is 6.25. The molecule has 1 atom stereocenters. The van der Waals surface area contributed by atoms with Crippen LogP contribution in [0.1, 0.15) is 5.56 Å². The molecule has 2 rings (SSSR count). The van der Waals surface area contributed by atoms with Gasteiger partial charge in [0, 0.05) is 43.9 Å². The van der Waals surface area contributed by atoms with Crippen LogP contribution in [0.3, 0.4) is 0 Å². The Balaban J connectivity index is 2.35. The Hall–Kier alpha value is -1.58. The summed E-state index contributed by atoms with van der Waals surface area (Å²) in [4.78, 5) is 16.0. The predicted octanol–water partition coefficient (Wildman–Crippen LogP) is 1.19. The highest BCUT2D eigenvalue weighted by molar-refractivity contribution is 9.10. The molecule has 1 aliphatic heterocycles. The maximum absolute atomic E-state index is 12.3. The molecule has 0 saturated carbocycles. The van der Waals surface area contributed by atoms with Crippen molar-refractivity contribution < 1.29 is 4.79 Å². The molecule has 0 radical (unpaired) electrons. The number of piperazine rings is 1. The lowest BCUT2D eigenvalue weighted by Gasteiger charge is -2.38. The van der Waals surface area contributed by atoms with E-state index in [0.29, 0.717) is 12.1 Å². The number of benzene rings is 1. The molecule has 0 aromatic heterocycles. The summed E-state index contributed by atoms with van der Waals surface area (Å²) in [5.74, 6) is 0.0654. The third kappa shape index (κ3) is 3.11. The van der Waals surface area contributed by atoms with E-state index in [1.54, 1.807) is 25.1 Å². The molecule has 6 heteroatoms. The molecule has 1 aliphatic rings. The summed E-state index contributed by atoms with van der Waals surface area (Å²) in [5, 5.41) is 12.3. The first kappa shape index (κ1) is 14.8. The SMILES string of the molecule is CN(C)C(=O)C1CNCCN1c1cc(Br)cc(C#N)c1. The van der Waals surface area contributed by atoms with E-state index < -0.39 is 0 Å². The molecule has 0 spiro atoms. The average Bonchev–Trinajstić information content (AvgIpc) is 2.45. The fourth-order valence-corrected chi connectivity index (χ4v) is 2.82. The highest BCUT2D eigenvalue weighted by Crippen LogP contribution is 2.25. The summed E-state index contributed by atoms with van der Waals surface area (Å²) in [6, 6.07) is 7.45. The standard InChI is InChI=1S/C14H17BrN4O/c1-18(2)14(20)13-9-17-3-4-19(13)12-6-10(8-16)5-11(15)7-12/h5-7,13,17H,3-4,9H2,1-2H3.